The summed E-state index contributed by atoms with van der Waals surface area (Å²) in [6, 6.07) is 3.32. The maximum atomic E-state index is 10.1. The summed E-state index contributed by atoms with van der Waals surface area (Å²) in [6.07, 6.45) is 3.53. The van der Waals surface area contributed by atoms with Crippen molar-refractivity contribution >= 4 is 12.8 Å². The van der Waals surface area contributed by atoms with Crippen LogP contribution in [-0.4, -0.2) is 38.2 Å². The minimum atomic E-state index is -1.27. The molecule has 2 aromatic heterocycles. The second-order valence-corrected chi connectivity index (χ2v) is 6.18. The predicted molar refractivity (Wildman–Crippen MR) is 79.6 cm³/mol. The molecule has 0 amide bonds. The van der Waals surface area contributed by atoms with Gasteiger partial charge in [-0.3, -0.25) is 0 Å². The van der Waals surface area contributed by atoms with Gasteiger partial charge in [-0.1, -0.05) is 0 Å². The van der Waals surface area contributed by atoms with Gasteiger partial charge in [0.1, 0.15) is 5.66 Å². The van der Waals surface area contributed by atoms with E-state index in [2.05, 4.69) is 5.10 Å². The van der Waals surface area contributed by atoms with Crippen molar-refractivity contribution in [3.8, 4) is 5.88 Å². The molecule has 0 saturated carbocycles. The molecule has 0 aromatic carbocycles. The second kappa shape index (κ2) is 5.33. The molecule has 0 aliphatic rings. The first-order chi connectivity index (χ1) is 9.60. The van der Waals surface area contributed by atoms with Crippen LogP contribution in [0.1, 0.15) is 33.3 Å². The highest BCUT2D eigenvalue weighted by atomic mass is 16.6. The second-order valence-electron chi connectivity index (χ2n) is 6.18. The maximum Gasteiger partial charge on any atom is 0.529 e. The van der Waals surface area contributed by atoms with E-state index in [0.29, 0.717) is 5.88 Å². The van der Waals surface area contributed by atoms with Gasteiger partial charge in [0, 0.05) is 12.3 Å². The highest BCUT2D eigenvalue weighted by Crippen LogP contribution is 2.25. The fraction of sp³-hybridized carbons (Fsp3) is 0.500. The number of aromatic nitrogens is 2. The van der Waals surface area contributed by atoms with Gasteiger partial charge in [0.15, 0.2) is 0 Å². The van der Waals surface area contributed by atoms with Crippen LogP contribution in [0, 0.1) is 6.92 Å². The first-order valence-corrected chi connectivity index (χ1v) is 6.80. The smallest absolute Gasteiger partial charge is 0.447 e. The average molecular weight is 292 g/mol. The third-order valence-corrected chi connectivity index (χ3v) is 3.67. The summed E-state index contributed by atoms with van der Waals surface area (Å²) in [7, 11) is -1.27. The summed E-state index contributed by atoms with van der Waals surface area (Å²) in [4.78, 5) is 0. The summed E-state index contributed by atoms with van der Waals surface area (Å²) in [6.45, 7) is 8.59. The Kier molecular flexibility index (Phi) is 4.01. The number of furan rings is 1. The van der Waals surface area contributed by atoms with Crippen molar-refractivity contribution in [3.63, 3.8) is 0 Å². The third-order valence-electron chi connectivity index (χ3n) is 3.67. The van der Waals surface area contributed by atoms with Crippen molar-refractivity contribution in [2.24, 2.45) is 0 Å². The molecule has 114 valence electrons. The van der Waals surface area contributed by atoms with Crippen molar-refractivity contribution in [3.05, 3.63) is 30.1 Å². The summed E-state index contributed by atoms with van der Waals surface area (Å²) in [5, 5.41) is 24.3. The van der Waals surface area contributed by atoms with Crippen LogP contribution in [0.3, 0.4) is 0 Å². The Morgan fingerprint density at radius 1 is 1.29 bits per heavy atom. The Balaban J connectivity index is 2.14. The normalized spacial score (nSPS) is 12.7. The van der Waals surface area contributed by atoms with Gasteiger partial charge in [0.2, 0.25) is 5.88 Å². The Hall–Kier alpha value is -1.57. The zero-order valence-electron chi connectivity index (χ0n) is 13.0. The van der Waals surface area contributed by atoms with E-state index in [1.807, 2.05) is 13.1 Å². The lowest BCUT2D eigenvalue weighted by Crippen LogP contribution is -2.52. The lowest BCUT2D eigenvalue weighted by atomic mass is 9.81. The fourth-order valence-electron chi connectivity index (χ4n) is 1.61. The molecule has 0 bridgehead atoms. The van der Waals surface area contributed by atoms with Gasteiger partial charge in [-0.15, -0.1) is 0 Å². The van der Waals surface area contributed by atoms with Gasteiger partial charge in [0.25, 0.3) is 0 Å². The number of aliphatic hydroxyl groups is 1. The third kappa shape index (κ3) is 3.37. The number of aryl methyl sites for hydroxylation is 1. The van der Waals surface area contributed by atoms with E-state index < -0.39 is 18.3 Å². The zero-order valence-corrected chi connectivity index (χ0v) is 13.0. The van der Waals surface area contributed by atoms with E-state index in [-0.39, 0.29) is 5.66 Å². The number of rotatable bonds is 5. The fourth-order valence-corrected chi connectivity index (χ4v) is 1.61. The van der Waals surface area contributed by atoms with E-state index in [9.17, 15) is 10.1 Å². The number of hydrogen-bond acceptors (Lipinski definition) is 5. The summed E-state index contributed by atoms with van der Waals surface area (Å²) >= 11 is 0. The Bertz CT molecular complexity index is 613. The van der Waals surface area contributed by atoms with Gasteiger partial charge in [0.05, 0.1) is 17.4 Å². The van der Waals surface area contributed by atoms with Crippen LogP contribution in [0.5, 0.6) is 0 Å². The molecule has 2 N–H and O–H groups in total. The summed E-state index contributed by atoms with van der Waals surface area (Å²) < 4.78 is 12.6. The minimum absolute atomic E-state index is 0.260. The van der Waals surface area contributed by atoms with Crippen molar-refractivity contribution in [2.75, 3.05) is 0 Å². The van der Waals surface area contributed by atoms with Crippen LogP contribution >= 0.6 is 0 Å². The van der Waals surface area contributed by atoms with E-state index in [1.165, 1.54) is 0 Å². The molecule has 6 nitrogen and oxygen atoms in total. The van der Waals surface area contributed by atoms with Crippen molar-refractivity contribution in [2.45, 2.75) is 45.8 Å². The molecule has 0 saturated heterocycles. The summed E-state index contributed by atoms with van der Waals surface area (Å²) in [5.41, 5.74) is -0.784. The van der Waals surface area contributed by atoms with Crippen LogP contribution in [0.15, 0.2) is 28.9 Å². The van der Waals surface area contributed by atoms with Gasteiger partial charge in [-0.2, -0.15) is 5.10 Å². The molecule has 2 aromatic rings. The highest BCUT2D eigenvalue weighted by Gasteiger charge is 2.40. The van der Waals surface area contributed by atoms with E-state index in [0.717, 1.165) is 5.56 Å². The SMILES string of the molecule is Cc1cnn(-c2ccc(B(O)OC(C)(C)C(C)(C)O)o2)c1. The van der Waals surface area contributed by atoms with Gasteiger partial charge in [-0.25, -0.2) is 4.68 Å². The van der Waals surface area contributed by atoms with Crippen molar-refractivity contribution in [1.82, 2.24) is 9.78 Å². The van der Waals surface area contributed by atoms with Gasteiger partial charge in [-0.05, 0) is 46.2 Å². The first-order valence-electron chi connectivity index (χ1n) is 6.80. The molecule has 7 heteroatoms. The molecular formula is C14H21BN2O4. The van der Waals surface area contributed by atoms with Crippen LogP contribution in [0.25, 0.3) is 5.88 Å². The Labute approximate surface area is 124 Å². The lowest BCUT2D eigenvalue weighted by Gasteiger charge is -2.38. The van der Waals surface area contributed by atoms with Crippen LogP contribution in [0.4, 0.5) is 0 Å². The first kappa shape index (κ1) is 15.8. The minimum Gasteiger partial charge on any atom is -0.447 e. The number of hydrogen-bond donors (Lipinski definition) is 2. The van der Waals surface area contributed by atoms with Crippen molar-refractivity contribution in [1.29, 1.82) is 0 Å². The van der Waals surface area contributed by atoms with Gasteiger partial charge >= 0.3 is 7.12 Å². The molecule has 0 fully saturated rings. The molecule has 21 heavy (non-hydrogen) atoms. The summed E-state index contributed by atoms with van der Waals surface area (Å²) in [5.74, 6) is 0.488. The number of nitrogens with zero attached hydrogens (tertiary/aromatic N) is 2. The zero-order chi connectivity index (χ0) is 15.8. The molecule has 0 aliphatic heterocycles. The molecule has 0 aliphatic carbocycles. The van der Waals surface area contributed by atoms with Crippen LogP contribution < -0.4 is 5.66 Å². The van der Waals surface area contributed by atoms with E-state index in [4.69, 9.17) is 9.07 Å². The maximum absolute atomic E-state index is 10.1. The Morgan fingerprint density at radius 2 is 1.95 bits per heavy atom. The van der Waals surface area contributed by atoms with E-state index in [1.54, 1.807) is 50.7 Å². The van der Waals surface area contributed by atoms with Crippen LogP contribution in [0.2, 0.25) is 0 Å². The van der Waals surface area contributed by atoms with Crippen molar-refractivity contribution < 1.29 is 19.2 Å². The van der Waals surface area contributed by atoms with Crippen LogP contribution in [-0.2, 0) is 4.65 Å². The average Bonchev–Trinajstić information content (AvgIpc) is 2.94. The topological polar surface area (TPSA) is 80.7 Å². The molecule has 0 spiro atoms. The Morgan fingerprint density at radius 3 is 2.48 bits per heavy atom. The van der Waals surface area contributed by atoms with Gasteiger partial charge < -0.3 is 19.2 Å². The molecular weight excluding hydrogens is 271 g/mol. The molecule has 0 atom stereocenters. The molecule has 0 unspecified atom stereocenters. The highest BCUT2D eigenvalue weighted by molar-refractivity contribution is 6.58. The predicted octanol–water partition coefficient (Wildman–Crippen LogP) is 1.03. The lowest BCUT2D eigenvalue weighted by molar-refractivity contribution is -0.0986. The quantitative estimate of drug-likeness (QED) is 0.804. The van der Waals surface area contributed by atoms with E-state index >= 15 is 0 Å². The molecule has 0 radical (unpaired) electrons. The monoisotopic (exact) mass is 292 g/mol. The molecule has 2 rings (SSSR count). The largest absolute Gasteiger partial charge is 0.529 e. The standard InChI is InChI=1S/C14H21BN2O4/c1-10-8-16-17(9-10)12-7-6-11(20-12)15(19)21-14(4,5)13(2,3)18/h6-9,18-19H,1-5H3. The molecule has 2 heterocycles.